The Morgan fingerprint density at radius 3 is 2.55 bits per heavy atom. The van der Waals surface area contributed by atoms with Gasteiger partial charge in [0.25, 0.3) is 0 Å². The van der Waals surface area contributed by atoms with Crippen molar-refractivity contribution in [3.05, 3.63) is 36.0 Å². The third-order valence-electron chi connectivity index (χ3n) is 5.46. The predicted molar refractivity (Wildman–Crippen MR) is 103 cm³/mol. The minimum Gasteiger partial charge on any atom is -0.353 e. The van der Waals surface area contributed by atoms with Crippen LogP contribution in [-0.4, -0.2) is 46.0 Å². The highest BCUT2D eigenvalue weighted by atomic mass is 19.1. The van der Waals surface area contributed by atoms with Gasteiger partial charge in [0, 0.05) is 43.5 Å². The van der Waals surface area contributed by atoms with Gasteiger partial charge in [-0.25, -0.2) is 4.39 Å². The topological polar surface area (TPSA) is 88.3 Å². The molecule has 7 nitrogen and oxygen atoms in total. The third kappa shape index (κ3) is 5.19. The number of benzene rings is 1. The fourth-order valence-electron chi connectivity index (χ4n) is 3.61. The number of aromatic nitrogens is 2. The maximum absolute atomic E-state index is 13.0. The second kappa shape index (κ2) is 8.71. The van der Waals surface area contributed by atoms with E-state index in [4.69, 9.17) is 4.52 Å². The predicted octanol–water partition coefficient (Wildman–Crippen LogP) is 2.72. The number of aryl methyl sites for hydroxylation is 1. The molecule has 2 aromatic rings. The Labute approximate surface area is 168 Å². The largest absolute Gasteiger partial charge is 0.353 e. The number of carbonyl (C=O) groups is 2. The second-order valence-corrected chi connectivity index (χ2v) is 7.81. The van der Waals surface area contributed by atoms with Crippen molar-refractivity contribution in [3.8, 4) is 11.4 Å². The van der Waals surface area contributed by atoms with Crippen molar-refractivity contribution in [2.45, 2.75) is 51.0 Å². The highest BCUT2D eigenvalue weighted by Crippen LogP contribution is 2.31. The first-order valence-corrected chi connectivity index (χ1v) is 10.2. The molecular weight excluding hydrogens is 375 g/mol. The highest BCUT2D eigenvalue weighted by molar-refractivity contribution is 5.81. The Hall–Kier alpha value is -2.77. The molecule has 4 rings (SSSR count). The van der Waals surface area contributed by atoms with E-state index in [-0.39, 0.29) is 29.6 Å². The summed E-state index contributed by atoms with van der Waals surface area (Å²) in [6.07, 6.45) is 5.19. The Balaban J connectivity index is 1.16. The number of piperidine rings is 1. The molecule has 29 heavy (non-hydrogen) atoms. The van der Waals surface area contributed by atoms with Crippen LogP contribution in [0.3, 0.4) is 0 Å². The lowest BCUT2D eigenvalue weighted by Gasteiger charge is -2.32. The number of carbonyl (C=O) groups excluding carboxylic acids is 2. The molecule has 0 atom stereocenters. The third-order valence-corrected chi connectivity index (χ3v) is 5.46. The fourth-order valence-corrected chi connectivity index (χ4v) is 3.61. The summed E-state index contributed by atoms with van der Waals surface area (Å²) in [7, 11) is 0. The molecule has 1 aromatic carbocycles. The average molecular weight is 400 g/mol. The minimum absolute atomic E-state index is 0.00948. The van der Waals surface area contributed by atoms with E-state index >= 15 is 0 Å². The molecule has 1 saturated heterocycles. The molecule has 0 bridgehead atoms. The smallest absolute Gasteiger partial charge is 0.226 e. The van der Waals surface area contributed by atoms with E-state index in [1.165, 1.54) is 12.1 Å². The van der Waals surface area contributed by atoms with Gasteiger partial charge in [0.05, 0.1) is 0 Å². The second-order valence-electron chi connectivity index (χ2n) is 7.81. The fraction of sp³-hybridized carbons (Fsp3) is 0.524. The van der Waals surface area contributed by atoms with Gasteiger partial charge in [0.1, 0.15) is 5.82 Å². The Morgan fingerprint density at radius 1 is 1.14 bits per heavy atom. The molecule has 2 aliphatic rings. The summed E-state index contributed by atoms with van der Waals surface area (Å²) in [6, 6.07) is 6.03. The van der Waals surface area contributed by atoms with Gasteiger partial charge in [-0.3, -0.25) is 9.59 Å². The molecule has 1 aromatic heterocycles. The zero-order valence-corrected chi connectivity index (χ0v) is 16.3. The van der Waals surface area contributed by atoms with Crippen molar-refractivity contribution < 1.29 is 18.5 Å². The lowest BCUT2D eigenvalue weighted by atomic mass is 10.0. The lowest BCUT2D eigenvalue weighted by molar-refractivity contribution is -0.133. The summed E-state index contributed by atoms with van der Waals surface area (Å²) in [6.45, 7) is 1.46. The van der Waals surface area contributed by atoms with Gasteiger partial charge >= 0.3 is 0 Å². The van der Waals surface area contributed by atoms with E-state index in [2.05, 4.69) is 15.5 Å². The minimum atomic E-state index is -0.316. The molecule has 1 aliphatic carbocycles. The van der Waals surface area contributed by atoms with E-state index in [1.807, 2.05) is 4.90 Å². The number of likely N-dealkylation sites (tertiary alicyclic amines) is 1. The quantitative estimate of drug-likeness (QED) is 0.772. The zero-order chi connectivity index (χ0) is 20.2. The van der Waals surface area contributed by atoms with Gasteiger partial charge in [-0.2, -0.15) is 4.98 Å². The molecule has 1 aliphatic heterocycles. The van der Waals surface area contributed by atoms with Gasteiger partial charge in [-0.1, -0.05) is 5.16 Å². The first-order chi connectivity index (χ1) is 14.1. The molecule has 2 fully saturated rings. The van der Waals surface area contributed by atoms with Crippen LogP contribution in [0.2, 0.25) is 0 Å². The van der Waals surface area contributed by atoms with Gasteiger partial charge in [-0.15, -0.1) is 0 Å². The maximum atomic E-state index is 13.0. The summed E-state index contributed by atoms with van der Waals surface area (Å²) in [5.41, 5.74) is 0.686. The maximum Gasteiger partial charge on any atom is 0.226 e. The average Bonchev–Trinajstić information content (AvgIpc) is 3.47. The van der Waals surface area contributed by atoms with Gasteiger partial charge in [0.2, 0.25) is 23.5 Å². The van der Waals surface area contributed by atoms with Crippen LogP contribution in [0.5, 0.6) is 0 Å². The van der Waals surface area contributed by atoms with E-state index in [0.29, 0.717) is 36.5 Å². The summed E-state index contributed by atoms with van der Waals surface area (Å²) in [4.78, 5) is 30.5. The van der Waals surface area contributed by atoms with E-state index < -0.39 is 0 Å². The Morgan fingerprint density at radius 2 is 1.86 bits per heavy atom. The zero-order valence-electron chi connectivity index (χ0n) is 16.3. The van der Waals surface area contributed by atoms with Crippen molar-refractivity contribution in [2.75, 3.05) is 13.1 Å². The van der Waals surface area contributed by atoms with Gasteiger partial charge in [0.15, 0.2) is 0 Å². The van der Waals surface area contributed by atoms with E-state index in [1.54, 1.807) is 12.1 Å². The van der Waals surface area contributed by atoms with Crippen LogP contribution >= 0.6 is 0 Å². The Bertz CT molecular complexity index is 855. The summed E-state index contributed by atoms with van der Waals surface area (Å²) in [5.74, 6) is 1.11. The molecule has 2 heterocycles. The van der Waals surface area contributed by atoms with Crippen molar-refractivity contribution in [1.82, 2.24) is 20.4 Å². The molecule has 2 amide bonds. The molecule has 1 N–H and O–H groups in total. The summed E-state index contributed by atoms with van der Waals surface area (Å²) < 4.78 is 18.2. The van der Waals surface area contributed by atoms with Gasteiger partial charge in [-0.05, 0) is 56.4 Å². The van der Waals surface area contributed by atoms with Crippen LogP contribution in [0.15, 0.2) is 28.8 Å². The van der Waals surface area contributed by atoms with Crippen LogP contribution < -0.4 is 5.32 Å². The molecule has 0 unspecified atom stereocenters. The van der Waals surface area contributed by atoms with Crippen molar-refractivity contribution in [1.29, 1.82) is 0 Å². The van der Waals surface area contributed by atoms with Crippen LogP contribution in [0.4, 0.5) is 4.39 Å². The van der Waals surface area contributed by atoms with Crippen LogP contribution in [0.1, 0.15) is 44.4 Å². The number of amides is 2. The molecule has 0 spiro atoms. The van der Waals surface area contributed by atoms with Crippen molar-refractivity contribution in [2.24, 2.45) is 5.92 Å². The standard InChI is InChI=1S/C21H25FN4O3/c22-16-8-6-14(7-9-16)20-24-19(29-25-20)3-1-2-18(27)23-17-10-12-26(13-11-17)21(28)15-4-5-15/h6-9,15,17H,1-5,10-13H2,(H,23,27). The first-order valence-electron chi connectivity index (χ1n) is 10.2. The normalized spacial score (nSPS) is 17.3. The number of nitrogens with zero attached hydrogens (tertiary/aromatic N) is 3. The molecule has 0 radical (unpaired) electrons. The van der Waals surface area contributed by atoms with Crippen LogP contribution in [0, 0.1) is 11.7 Å². The summed E-state index contributed by atoms with van der Waals surface area (Å²) in [5, 5.41) is 6.97. The van der Waals surface area contributed by atoms with Crippen molar-refractivity contribution >= 4 is 11.8 Å². The van der Waals surface area contributed by atoms with E-state index in [9.17, 15) is 14.0 Å². The Kier molecular flexibility index (Phi) is 5.87. The van der Waals surface area contributed by atoms with Crippen LogP contribution in [0.25, 0.3) is 11.4 Å². The monoisotopic (exact) mass is 400 g/mol. The molecule has 1 saturated carbocycles. The number of hydrogen-bond donors (Lipinski definition) is 1. The first kappa shape index (κ1) is 19.5. The van der Waals surface area contributed by atoms with Crippen LogP contribution in [-0.2, 0) is 16.0 Å². The van der Waals surface area contributed by atoms with E-state index in [0.717, 1.165) is 38.8 Å². The number of halogens is 1. The lowest BCUT2D eigenvalue weighted by Crippen LogP contribution is -2.46. The highest BCUT2D eigenvalue weighted by Gasteiger charge is 2.35. The number of hydrogen-bond acceptors (Lipinski definition) is 5. The molecule has 8 heteroatoms. The van der Waals surface area contributed by atoms with Gasteiger partial charge < -0.3 is 14.7 Å². The number of nitrogens with one attached hydrogen (secondary N) is 1. The SMILES string of the molecule is O=C(CCCc1nc(-c2ccc(F)cc2)no1)NC1CCN(C(=O)C2CC2)CC1. The van der Waals surface area contributed by atoms with Crippen molar-refractivity contribution in [3.63, 3.8) is 0 Å². The summed E-state index contributed by atoms with van der Waals surface area (Å²) >= 11 is 0. The molecule has 154 valence electrons. The number of rotatable bonds is 7. The molecular formula is C21H25FN4O3.